The van der Waals surface area contributed by atoms with Gasteiger partial charge in [-0.1, -0.05) is 12.6 Å². The molecule has 2 N–H and O–H groups in total. The van der Waals surface area contributed by atoms with E-state index in [0.29, 0.717) is 6.20 Å². The lowest BCUT2D eigenvalue weighted by Crippen LogP contribution is -2.43. The molecule has 0 aliphatic carbocycles. The zero-order chi connectivity index (χ0) is 27.2. The molecule has 2 aromatic rings. The van der Waals surface area contributed by atoms with E-state index in [1.807, 2.05) is 7.05 Å². The van der Waals surface area contributed by atoms with Crippen molar-refractivity contribution in [3.63, 3.8) is 0 Å². The number of hydrogen-bond donors (Lipinski definition) is 2. The molecule has 2 heterocycles. The smallest absolute Gasteiger partial charge is 0.366 e. The van der Waals surface area contributed by atoms with E-state index in [4.69, 9.17) is 0 Å². The number of rotatable bonds is 8. The number of nitrogens with one attached hydrogen (secondary N) is 2. The summed E-state index contributed by atoms with van der Waals surface area (Å²) in [7, 11) is 2.00. The number of aliphatic imine (C=N–C) groups is 1. The number of anilines is 1. The molecular formula is C25H27F5N6O. The lowest BCUT2D eigenvalue weighted by molar-refractivity contribution is -0.0914. The van der Waals surface area contributed by atoms with Crippen LogP contribution in [0.1, 0.15) is 41.6 Å². The van der Waals surface area contributed by atoms with Gasteiger partial charge in [0.15, 0.2) is 5.82 Å². The Morgan fingerprint density at radius 3 is 2.57 bits per heavy atom. The van der Waals surface area contributed by atoms with E-state index >= 15 is 0 Å². The summed E-state index contributed by atoms with van der Waals surface area (Å²) in [5, 5.41) is 5.80. The Labute approximate surface area is 211 Å². The van der Waals surface area contributed by atoms with Crippen LogP contribution in [-0.4, -0.2) is 59.3 Å². The van der Waals surface area contributed by atoms with Gasteiger partial charge in [-0.05, 0) is 46.0 Å². The van der Waals surface area contributed by atoms with Crippen molar-refractivity contribution in [2.75, 3.05) is 25.5 Å². The maximum absolute atomic E-state index is 14.0. The van der Waals surface area contributed by atoms with Crippen LogP contribution >= 0.6 is 0 Å². The van der Waals surface area contributed by atoms with Crippen molar-refractivity contribution in [1.29, 1.82) is 0 Å². The summed E-state index contributed by atoms with van der Waals surface area (Å²) in [4.78, 5) is 27.2. The van der Waals surface area contributed by atoms with Crippen LogP contribution in [0.5, 0.6) is 0 Å². The van der Waals surface area contributed by atoms with Gasteiger partial charge in [-0.15, -0.1) is 0 Å². The van der Waals surface area contributed by atoms with Gasteiger partial charge in [0.1, 0.15) is 23.1 Å². The summed E-state index contributed by atoms with van der Waals surface area (Å²) in [6.07, 6.45) is -1.31. The molecule has 1 aliphatic heterocycles. The van der Waals surface area contributed by atoms with Crippen molar-refractivity contribution in [2.24, 2.45) is 4.99 Å². The molecule has 3 rings (SSSR count). The van der Waals surface area contributed by atoms with Crippen LogP contribution in [0.15, 0.2) is 47.6 Å². The van der Waals surface area contributed by atoms with E-state index in [1.54, 1.807) is 0 Å². The third-order valence-electron chi connectivity index (χ3n) is 5.72. The van der Waals surface area contributed by atoms with Gasteiger partial charge < -0.3 is 15.5 Å². The Hall–Kier alpha value is -3.67. The summed E-state index contributed by atoms with van der Waals surface area (Å²) in [6, 6.07) is 4.45. The molecule has 198 valence electrons. The van der Waals surface area contributed by atoms with E-state index < -0.39 is 29.3 Å². The lowest BCUT2D eigenvalue weighted by Gasteiger charge is -2.29. The van der Waals surface area contributed by atoms with Gasteiger partial charge in [0.05, 0.1) is 0 Å². The zero-order valence-corrected chi connectivity index (χ0v) is 20.4. The molecule has 0 atom stereocenters. The molecule has 1 aromatic carbocycles. The monoisotopic (exact) mass is 522 g/mol. The standard InChI is InChI=1S/C25H27F5N6O/c1-15(12-31-13-16(2)25(28,29)30)23-34-21(24(37)33-19-6-8-36(3)9-7-19)11-22(35-23)32-14-17-4-5-18(26)10-20(17)27/h4-5,10-13,19H,1,6-9,14H2,2-3H3,(H,33,37)(H,32,34,35)/b16-13+,31-12?. The first-order chi connectivity index (χ1) is 17.4. The quantitative estimate of drug-likeness (QED) is 0.387. The van der Waals surface area contributed by atoms with E-state index in [1.165, 1.54) is 12.1 Å². The number of piperidine rings is 1. The number of likely N-dealkylation sites (tertiary alicyclic amines) is 1. The number of aromatic nitrogens is 2. The van der Waals surface area contributed by atoms with Crippen LogP contribution in [0, 0.1) is 11.6 Å². The fraction of sp³-hybridized carbons (Fsp3) is 0.360. The predicted molar refractivity (Wildman–Crippen MR) is 131 cm³/mol. The average Bonchev–Trinajstić information content (AvgIpc) is 2.84. The molecule has 12 heteroatoms. The van der Waals surface area contributed by atoms with Gasteiger partial charge in [0, 0.05) is 53.8 Å². The summed E-state index contributed by atoms with van der Waals surface area (Å²) in [6.45, 7) is 6.19. The van der Waals surface area contributed by atoms with Crippen LogP contribution in [-0.2, 0) is 6.54 Å². The van der Waals surface area contributed by atoms with Crippen LogP contribution in [0.4, 0.5) is 27.8 Å². The number of carbonyl (C=O) groups is 1. The Morgan fingerprint density at radius 1 is 1.22 bits per heavy atom. The van der Waals surface area contributed by atoms with Gasteiger partial charge >= 0.3 is 6.18 Å². The highest BCUT2D eigenvalue weighted by atomic mass is 19.4. The molecule has 0 saturated carbocycles. The van der Waals surface area contributed by atoms with E-state index in [2.05, 4.69) is 37.1 Å². The molecule has 0 unspecified atom stereocenters. The van der Waals surface area contributed by atoms with Crippen molar-refractivity contribution >= 4 is 23.5 Å². The van der Waals surface area contributed by atoms with Crippen LogP contribution in [0.25, 0.3) is 5.57 Å². The van der Waals surface area contributed by atoms with Crippen LogP contribution in [0.2, 0.25) is 0 Å². The summed E-state index contributed by atoms with van der Waals surface area (Å²) >= 11 is 0. The molecule has 0 spiro atoms. The first-order valence-electron chi connectivity index (χ1n) is 11.4. The minimum Gasteiger partial charge on any atom is -0.366 e. The summed E-state index contributed by atoms with van der Waals surface area (Å²) in [5.74, 6) is -1.86. The number of nitrogens with zero attached hydrogens (tertiary/aromatic N) is 4. The lowest BCUT2D eigenvalue weighted by atomic mass is 10.1. The molecule has 7 nitrogen and oxygen atoms in total. The minimum atomic E-state index is -4.52. The summed E-state index contributed by atoms with van der Waals surface area (Å²) in [5.41, 5.74) is -0.710. The molecule has 1 saturated heterocycles. The van der Waals surface area contributed by atoms with Crippen molar-refractivity contribution in [3.05, 3.63) is 71.3 Å². The number of amides is 1. The molecule has 37 heavy (non-hydrogen) atoms. The number of carbonyl (C=O) groups excluding carboxylic acids is 1. The normalized spacial score (nSPS) is 15.7. The number of alkyl halides is 3. The van der Waals surface area contributed by atoms with Crippen LogP contribution < -0.4 is 10.6 Å². The van der Waals surface area contributed by atoms with E-state index in [-0.39, 0.29) is 41.1 Å². The van der Waals surface area contributed by atoms with Crippen molar-refractivity contribution in [2.45, 2.75) is 38.5 Å². The largest absolute Gasteiger partial charge is 0.413 e. The zero-order valence-electron chi connectivity index (χ0n) is 20.4. The molecular weight excluding hydrogens is 495 g/mol. The van der Waals surface area contributed by atoms with Gasteiger partial charge in [-0.3, -0.25) is 9.79 Å². The molecule has 0 bridgehead atoms. The van der Waals surface area contributed by atoms with Crippen LogP contribution in [0.3, 0.4) is 0 Å². The first kappa shape index (κ1) is 27.9. The second-order valence-electron chi connectivity index (χ2n) is 8.72. The third-order valence-corrected chi connectivity index (χ3v) is 5.72. The average molecular weight is 523 g/mol. The molecule has 0 radical (unpaired) electrons. The van der Waals surface area contributed by atoms with Gasteiger partial charge in [-0.25, -0.2) is 18.7 Å². The van der Waals surface area contributed by atoms with Gasteiger partial charge in [-0.2, -0.15) is 13.2 Å². The van der Waals surface area contributed by atoms with Gasteiger partial charge in [0.2, 0.25) is 0 Å². The second-order valence-corrected chi connectivity index (χ2v) is 8.72. The Balaban J connectivity index is 1.84. The Bertz CT molecular complexity index is 1200. The minimum absolute atomic E-state index is 0.0115. The number of hydrogen-bond acceptors (Lipinski definition) is 6. The Kier molecular flexibility index (Phi) is 9.09. The predicted octanol–water partition coefficient (Wildman–Crippen LogP) is 4.74. The van der Waals surface area contributed by atoms with Crippen molar-refractivity contribution < 1.29 is 26.7 Å². The first-order valence-corrected chi connectivity index (χ1v) is 11.4. The Morgan fingerprint density at radius 2 is 1.92 bits per heavy atom. The third kappa shape index (κ3) is 8.17. The maximum Gasteiger partial charge on any atom is 0.413 e. The molecule has 1 amide bonds. The SMILES string of the molecule is C=C(C=N/C=C(\C)C(F)(F)F)c1nc(NCc2ccc(F)cc2F)cc(C(=O)NC2CCN(C)CC2)n1. The van der Waals surface area contributed by atoms with E-state index in [0.717, 1.165) is 51.2 Å². The highest BCUT2D eigenvalue weighted by Crippen LogP contribution is 2.24. The van der Waals surface area contributed by atoms with Gasteiger partial charge in [0.25, 0.3) is 5.91 Å². The highest BCUT2D eigenvalue weighted by Gasteiger charge is 2.29. The molecule has 1 aromatic heterocycles. The highest BCUT2D eigenvalue weighted by molar-refractivity contribution is 6.08. The second kappa shape index (κ2) is 12.0. The molecule has 1 fully saturated rings. The fourth-order valence-corrected chi connectivity index (χ4v) is 3.43. The fourth-order valence-electron chi connectivity index (χ4n) is 3.43. The summed E-state index contributed by atoms with van der Waals surface area (Å²) < 4.78 is 65.3. The molecule has 1 aliphatic rings. The number of allylic oxidation sites excluding steroid dienone is 2. The maximum atomic E-state index is 14.0. The number of halogens is 5. The topological polar surface area (TPSA) is 82.5 Å². The number of benzene rings is 1. The van der Waals surface area contributed by atoms with Crippen molar-refractivity contribution in [1.82, 2.24) is 20.2 Å². The van der Waals surface area contributed by atoms with Crippen molar-refractivity contribution in [3.8, 4) is 0 Å². The van der Waals surface area contributed by atoms with E-state index in [9.17, 15) is 26.7 Å².